The molecule has 1 aliphatic carbocycles. The van der Waals surface area contributed by atoms with Gasteiger partial charge in [0, 0.05) is 6.20 Å². The number of allylic oxidation sites excluding steroid dienone is 1. The minimum absolute atomic E-state index is 0.739. The fourth-order valence-electron chi connectivity index (χ4n) is 2.16. The van der Waals surface area contributed by atoms with Crippen LogP contribution in [0.3, 0.4) is 0 Å². The van der Waals surface area contributed by atoms with Gasteiger partial charge in [-0.3, -0.25) is 0 Å². The zero-order valence-electron chi connectivity index (χ0n) is 10.7. The lowest BCUT2D eigenvalue weighted by molar-refractivity contribution is 0.962. The molecular weight excluding hydrogens is 258 g/mol. The largest absolute Gasteiger partial charge is 0.325 e. The van der Waals surface area contributed by atoms with Crippen molar-refractivity contribution in [2.24, 2.45) is 0 Å². The standard InChI is InChI=1S/C15H14ClN3/c1-10-4-3-9-17-15(10)19-13-8-7-11-5-2-6-12(16)14(11)18-13/h3-4,6-9H,2,5H2,1H3,(H,17,18,19). The molecule has 0 radical (unpaired) electrons. The van der Waals surface area contributed by atoms with Crippen molar-refractivity contribution in [1.82, 2.24) is 9.97 Å². The minimum atomic E-state index is 0.739. The molecule has 0 spiro atoms. The molecule has 0 fully saturated rings. The van der Waals surface area contributed by atoms with Crippen LogP contribution in [0.4, 0.5) is 11.6 Å². The van der Waals surface area contributed by atoms with Crippen molar-refractivity contribution in [3.8, 4) is 0 Å². The Bertz CT molecular complexity index is 650. The summed E-state index contributed by atoms with van der Waals surface area (Å²) in [4.78, 5) is 8.89. The first-order chi connectivity index (χ1) is 9.24. The molecule has 0 unspecified atom stereocenters. The van der Waals surface area contributed by atoms with Gasteiger partial charge in [0.15, 0.2) is 0 Å². The molecule has 0 saturated heterocycles. The van der Waals surface area contributed by atoms with Crippen LogP contribution in [0.1, 0.15) is 23.2 Å². The van der Waals surface area contributed by atoms with Gasteiger partial charge in [0.1, 0.15) is 11.6 Å². The zero-order chi connectivity index (χ0) is 13.2. The van der Waals surface area contributed by atoms with Crippen LogP contribution in [0.2, 0.25) is 0 Å². The average molecular weight is 272 g/mol. The summed E-state index contributed by atoms with van der Waals surface area (Å²) in [5.74, 6) is 1.60. The molecule has 1 N–H and O–H groups in total. The molecule has 3 rings (SSSR count). The highest BCUT2D eigenvalue weighted by molar-refractivity contribution is 6.48. The topological polar surface area (TPSA) is 37.8 Å². The molecule has 0 amide bonds. The third-order valence-electron chi connectivity index (χ3n) is 3.20. The predicted molar refractivity (Wildman–Crippen MR) is 78.6 cm³/mol. The smallest absolute Gasteiger partial charge is 0.134 e. The highest BCUT2D eigenvalue weighted by Gasteiger charge is 2.13. The molecule has 19 heavy (non-hydrogen) atoms. The normalized spacial score (nSPS) is 13.7. The number of aromatic nitrogens is 2. The van der Waals surface area contributed by atoms with Crippen LogP contribution in [0.25, 0.3) is 5.03 Å². The Morgan fingerprint density at radius 2 is 2.16 bits per heavy atom. The summed E-state index contributed by atoms with van der Waals surface area (Å²) in [6.07, 6.45) is 5.77. The van der Waals surface area contributed by atoms with Crippen molar-refractivity contribution in [3.63, 3.8) is 0 Å². The monoisotopic (exact) mass is 271 g/mol. The molecular formula is C15H14ClN3. The van der Waals surface area contributed by atoms with Crippen LogP contribution in [0, 0.1) is 6.92 Å². The molecule has 0 saturated carbocycles. The van der Waals surface area contributed by atoms with E-state index in [9.17, 15) is 0 Å². The van der Waals surface area contributed by atoms with Gasteiger partial charge in [0.2, 0.25) is 0 Å². The molecule has 3 nitrogen and oxygen atoms in total. The van der Waals surface area contributed by atoms with E-state index in [0.717, 1.165) is 40.8 Å². The third-order valence-corrected chi connectivity index (χ3v) is 3.53. The lowest BCUT2D eigenvalue weighted by Gasteiger charge is -2.14. The summed E-state index contributed by atoms with van der Waals surface area (Å²) < 4.78 is 0. The van der Waals surface area contributed by atoms with Gasteiger partial charge in [0.05, 0.1) is 10.7 Å². The summed E-state index contributed by atoms with van der Waals surface area (Å²) >= 11 is 6.21. The summed E-state index contributed by atoms with van der Waals surface area (Å²) in [5, 5.41) is 3.97. The van der Waals surface area contributed by atoms with E-state index in [1.807, 2.05) is 31.2 Å². The third kappa shape index (κ3) is 2.47. The van der Waals surface area contributed by atoms with Gasteiger partial charge in [-0.15, -0.1) is 0 Å². The van der Waals surface area contributed by atoms with E-state index >= 15 is 0 Å². The van der Waals surface area contributed by atoms with Crippen molar-refractivity contribution >= 4 is 28.3 Å². The molecule has 2 heterocycles. The Hall–Kier alpha value is -1.87. The van der Waals surface area contributed by atoms with Crippen LogP contribution < -0.4 is 5.32 Å². The summed E-state index contributed by atoms with van der Waals surface area (Å²) in [7, 11) is 0. The van der Waals surface area contributed by atoms with E-state index in [-0.39, 0.29) is 0 Å². The zero-order valence-corrected chi connectivity index (χ0v) is 11.4. The Morgan fingerprint density at radius 3 is 3.00 bits per heavy atom. The molecule has 0 atom stereocenters. The number of rotatable bonds is 2. The lowest BCUT2D eigenvalue weighted by Crippen LogP contribution is -2.04. The Kier molecular flexibility index (Phi) is 3.22. The van der Waals surface area contributed by atoms with Crippen molar-refractivity contribution in [2.45, 2.75) is 19.8 Å². The minimum Gasteiger partial charge on any atom is -0.325 e. The molecule has 4 heteroatoms. The van der Waals surface area contributed by atoms with E-state index in [4.69, 9.17) is 11.6 Å². The summed E-state index contributed by atoms with van der Waals surface area (Å²) in [6.45, 7) is 2.01. The molecule has 0 bridgehead atoms. The molecule has 96 valence electrons. The van der Waals surface area contributed by atoms with Crippen LogP contribution in [0.5, 0.6) is 0 Å². The van der Waals surface area contributed by atoms with Crippen LogP contribution >= 0.6 is 11.6 Å². The Balaban J connectivity index is 1.94. The van der Waals surface area contributed by atoms with Crippen LogP contribution in [-0.4, -0.2) is 9.97 Å². The van der Waals surface area contributed by atoms with Gasteiger partial charge in [-0.05, 0) is 43.0 Å². The van der Waals surface area contributed by atoms with Crippen molar-refractivity contribution in [1.29, 1.82) is 0 Å². The maximum Gasteiger partial charge on any atom is 0.134 e. The highest BCUT2D eigenvalue weighted by Crippen LogP contribution is 2.29. The second-order valence-corrected chi connectivity index (χ2v) is 5.00. The van der Waals surface area contributed by atoms with Gasteiger partial charge >= 0.3 is 0 Å². The van der Waals surface area contributed by atoms with Crippen LogP contribution in [0.15, 0.2) is 36.5 Å². The molecule has 2 aromatic rings. The van der Waals surface area contributed by atoms with Crippen molar-refractivity contribution in [3.05, 3.63) is 53.4 Å². The number of fused-ring (bicyclic) bond motifs is 1. The lowest BCUT2D eigenvalue weighted by atomic mass is 10.0. The number of aryl methyl sites for hydroxylation is 2. The summed E-state index contributed by atoms with van der Waals surface area (Å²) in [6, 6.07) is 7.99. The number of anilines is 2. The predicted octanol–water partition coefficient (Wildman–Crippen LogP) is 4.05. The maximum atomic E-state index is 6.21. The van der Waals surface area contributed by atoms with Crippen LogP contribution in [-0.2, 0) is 6.42 Å². The first-order valence-corrected chi connectivity index (χ1v) is 6.66. The second-order valence-electron chi connectivity index (χ2n) is 4.59. The maximum absolute atomic E-state index is 6.21. The molecule has 2 aromatic heterocycles. The first kappa shape index (κ1) is 12.2. The number of nitrogens with one attached hydrogen (secondary N) is 1. The fraction of sp³-hybridized carbons (Fsp3) is 0.200. The van der Waals surface area contributed by atoms with Gasteiger partial charge in [-0.1, -0.05) is 29.8 Å². The number of pyridine rings is 2. The van der Waals surface area contributed by atoms with Gasteiger partial charge in [-0.2, -0.15) is 0 Å². The van der Waals surface area contributed by atoms with Crippen molar-refractivity contribution < 1.29 is 0 Å². The Morgan fingerprint density at radius 1 is 1.26 bits per heavy atom. The van der Waals surface area contributed by atoms with E-state index in [2.05, 4.69) is 21.4 Å². The number of hydrogen-bond donors (Lipinski definition) is 1. The molecule has 1 aliphatic rings. The first-order valence-electron chi connectivity index (χ1n) is 6.28. The molecule has 0 aromatic carbocycles. The van der Waals surface area contributed by atoms with E-state index in [1.165, 1.54) is 5.56 Å². The highest BCUT2D eigenvalue weighted by atomic mass is 35.5. The second kappa shape index (κ2) is 5.02. The quantitative estimate of drug-likeness (QED) is 0.895. The summed E-state index contributed by atoms with van der Waals surface area (Å²) in [5.41, 5.74) is 3.17. The average Bonchev–Trinajstić information content (AvgIpc) is 2.42. The van der Waals surface area contributed by atoms with E-state index in [1.54, 1.807) is 6.20 Å². The number of hydrogen-bond acceptors (Lipinski definition) is 3. The molecule has 0 aliphatic heterocycles. The fourth-order valence-corrected chi connectivity index (χ4v) is 2.43. The van der Waals surface area contributed by atoms with Gasteiger partial charge < -0.3 is 5.32 Å². The van der Waals surface area contributed by atoms with Gasteiger partial charge in [0.25, 0.3) is 0 Å². The SMILES string of the molecule is Cc1cccnc1Nc1ccc2c(n1)C(Cl)=CCC2. The van der Waals surface area contributed by atoms with Crippen molar-refractivity contribution in [2.75, 3.05) is 5.32 Å². The number of nitrogens with zero attached hydrogens (tertiary/aromatic N) is 2. The Labute approximate surface area is 117 Å². The number of halogens is 1. The van der Waals surface area contributed by atoms with E-state index in [0.29, 0.717) is 0 Å². The van der Waals surface area contributed by atoms with E-state index < -0.39 is 0 Å². The van der Waals surface area contributed by atoms with Gasteiger partial charge in [-0.25, -0.2) is 9.97 Å².